The summed E-state index contributed by atoms with van der Waals surface area (Å²) < 4.78 is 10.2. The molecule has 0 radical (unpaired) electrons. The Hall–Kier alpha value is -4.10. The Balaban J connectivity index is 2.04. The molecule has 0 fully saturated rings. The molecule has 0 aliphatic rings. The van der Waals surface area contributed by atoms with Crippen LogP contribution in [0, 0.1) is 22.7 Å². The highest BCUT2D eigenvalue weighted by Gasteiger charge is 2.20. The van der Waals surface area contributed by atoms with Crippen molar-refractivity contribution in [2.45, 2.75) is 13.0 Å². The van der Waals surface area contributed by atoms with Gasteiger partial charge in [0.25, 0.3) is 5.91 Å². The molecule has 1 N–H and O–H groups in total. The third-order valence-corrected chi connectivity index (χ3v) is 3.68. The zero-order chi connectivity index (χ0) is 20.5. The number of anilines is 1. The Labute approximate surface area is 162 Å². The van der Waals surface area contributed by atoms with Gasteiger partial charge in [-0.05, 0) is 55.0 Å². The lowest BCUT2D eigenvalue weighted by Crippen LogP contribution is -2.30. The van der Waals surface area contributed by atoms with Gasteiger partial charge in [0.15, 0.2) is 6.10 Å². The number of nitriles is 2. The molecule has 2 aromatic carbocycles. The Morgan fingerprint density at radius 2 is 1.86 bits per heavy atom. The van der Waals surface area contributed by atoms with Crippen LogP contribution in [0.1, 0.15) is 18.1 Å². The van der Waals surface area contributed by atoms with Crippen molar-refractivity contribution in [3.8, 4) is 17.9 Å². The summed E-state index contributed by atoms with van der Waals surface area (Å²) in [5.41, 5.74) is 1.26. The lowest BCUT2D eigenvalue weighted by atomic mass is 10.1. The first-order chi connectivity index (χ1) is 13.5. The summed E-state index contributed by atoms with van der Waals surface area (Å²) in [6.45, 7) is 1.40. The highest BCUT2D eigenvalue weighted by Crippen LogP contribution is 2.16. The molecule has 0 bridgehead atoms. The molecule has 140 valence electrons. The zero-order valence-corrected chi connectivity index (χ0v) is 15.3. The number of esters is 1. The van der Waals surface area contributed by atoms with Gasteiger partial charge in [-0.15, -0.1) is 0 Å². The summed E-state index contributed by atoms with van der Waals surface area (Å²) >= 11 is 0. The minimum Gasteiger partial charge on any atom is -0.497 e. The minimum absolute atomic E-state index is 0.244. The fourth-order valence-electron chi connectivity index (χ4n) is 2.18. The van der Waals surface area contributed by atoms with Crippen LogP contribution in [0.5, 0.6) is 5.75 Å². The van der Waals surface area contributed by atoms with Gasteiger partial charge in [-0.25, -0.2) is 4.79 Å². The van der Waals surface area contributed by atoms with E-state index in [1.807, 2.05) is 6.07 Å². The molecule has 0 aliphatic carbocycles. The number of amides is 1. The molecule has 7 nitrogen and oxygen atoms in total. The summed E-state index contributed by atoms with van der Waals surface area (Å²) in [6.07, 6.45) is 0.237. The van der Waals surface area contributed by atoms with Gasteiger partial charge in [0.1, 0.15) is 17.4 Å². The largest absolute Gasteiger partial charge is 0.497 e. The molecule has 0 unspecified atom stereocenters. The van der Waals surface area contributed by atoms with Crippen molar-refractivity contribution in [3.63, 3.8) is 0 Å². The van der Waals surface area contributed by atoms with Gasteiger partial charge in [0, 0.05) is 5.69 Å². The highest BCUT2D eigenvalue weighted by atomic mass is 16.5. The number of rotatable bonds is 6. The van der Waals surface area contributed by atoms with E-state index in [-0.39, 0.29) is 5.57 Å². The predicted octanol–water partition coefficient (Wildman–Crippen LogP) is 3.04. The summed E-state index contributed by atoms with van der Waals surface area (Å²) in [7, 11) is 1.51. The number of hydrogen-bond donors (Lipinski definition) is 1. The van der Waals surface area contributed by atoms with Crippen molar-refractivity contribution in [1.29, 1.82) is 10.5 Å². The van der Waals surface area contributed by atoms with Crippen LogP contribution in [0.3, 0.4) is 0 Å². The fraction of sp³-hybridized carbons (Fsp3) is 0.143. The molecule has 0 saturated carbocycles. The van der Waals surface area contributed by atoms with Crippen LogP contribution < -0.4 is 10.1 Å². The Morgan fingerprint density at radius 3 is 2.46 bits per heavy atom. The number of nitrogens with one attached hydrogen (secondary N) is 1. The summed E-state index contributed by atoms with van der Waals surface area (Å²) in [5.74, 6) is -0.890. The highest BCUT2D eigenvalue weighted by molar-refractivity contribution is 6.01. The topological polar surface area (TPSA) is 112 Å². The number of hydrogen-bond acceptors (Lipinski definition) is 6. The third-order valence-electron chi connectivity index (χ3n) is 3.68. The third kappa shape index (κ3) is 5.45. The molecule has 1 atom stereocenters. The van der Waals surface area contributed by atoms with Gasteiger partial charge in [-0.1, -0.05) is 12.1 Å². The fourth-order valence-corrected chi connectivity index (χ4v) is 2.18. The number of carbonyl (C=O) groups excluding carboxylic acids is 2. The number of nitrogens with zero attached hydrogens (tertiary/aromatic N) is 2. The van der Waals surface area contributed by atoms with E-state index in [1.165, 1.54) is 20.1 Å². The molecule has 7 heteroatoms. The lowest BCUT2D eigenvalue weighted by Gasteiger charge is -2.13. The number of benzene rings is 2. The number of methoxy groups -OCH3 is 1. The van der Waals surface area contributed by atoms with Crippen molar-refractivity contribution < 1.29 is 19.1 Å². The van der Waals surface area contributed by atoms with Crippen molar-refractivity contribution in [1.82, 2.24) is 0 Å². The Morgan fingerprint density at radius 1 is 1.14 bits per heavy atom. The maximum atomic E-state index is 12.2. The van der Waals surface area contributed by atoms with E-state index in [1.54, 1.807) is 54.6 Å². The van der Waals surface area contributed by atoms with E-state index in [4.69, 9.17) is 14.7 Å². The standard InChI is InChI=1S/C21H17N3O4/c1-14(20(25)24-18-8-6-15(12-22)7-9-18)28-21(26)17(13-23)10-16-4-3-5-19(11-16)27-2/h3-11,14H,1-2H3,(H,24,25)/b17-10+/t14-/m0/s1. The average molecular weight is 375 g/mol. The summed E-state index contributed by atoms with van der Waals surface area (Å²) in [5, 5.41) is 20.6. The Bertz CT molecular complexity index is 982. The lowest BCUT2D eigenvalue weighted by molar-refractivity contribution is -0.148. The normalized spacial score (nSPS) is 11.5. The molecule has 0 spiro atoms. The molecule has 0 heterocycles. The molecular weight excluding hydrogens is 358 g/mol. The molecule has 2 aromatic rings. The van der Waals surface area contributed by atoms with E-state index in [0.717, 1.165) is 0 Å². The van der Waals surface area contributed by atoms with E-state index >= 15 is 0 Å². The second kappa shape index (κ2) is 9.56. The van der Waals surface area contributed by atoms with Crippen LogP contribution in [0.2, 0.25) is 0 Å². The van der Waals surface area contributed by atoms with E-state index in [0.29, 0.717) is 22.6 Å². The first kappa shape index (κ1) is 20.2. The van der Waals surface area contributed by atoms with Crippen LogP contribution in [0.15, 0.2) is 54.1 Å². The molecule has 0 saturated heterocycles. The first-order valence-corrected chi connectivity index (χ1v) is 8.24. The monoisotopic (exact) mass is 375 g/mol. The maximum absolute atomic E-state index is 12.2. The van der Waals surface area contributed by atoms with Crippen LogP contribution in [-0.4, -0.2) is 25.1 Å². The van der Waals surface area contributed by atoms with Gasteiger partial charge in [-0.2, -0.15) is 10.5 Å². The van der Waals surface area contributed by atoms with Gasteiger partial charge >= 0.3 is 5.97 Å². The van der Waals surface area contributed by atoms with Crippen LogP contribution in [-0.2, 0) is 14.3 Å². The minimum atomic E-state index is -1.12. The van der Waals surface area contributed by atoms with Crippen molar-refractivity contribution in [2.75, 3.05) is 12.4 Å². The molecule has 2 rings (SSSR count). The van der Waals surface area contributed by atoms with Gasteiger partial charge in [-0.3, -0.25) is 4.79 Å². The maximum Gasteiger partial charge on any atom is 0.349 e. The molecule has 0 aromatic heterocycles. The van der Waals surface area contributed by atoms with Crippen LogP contribution >= 0.6 is 0 Å². The SMILES string of the molecule is COc1cccc(/C=C(\C#N)C(=O)O[C@@H](C)C(=O)Nc2ccc(C#N)cc2)c1. The van der Waals surface area contributed by atoms with Crippen LogP contribution in [0.25, 0.3) is 6.08 Å². The van der Waals surface area contributed by atoms with E-state index < -0.39 is 18.0 Å². The van der Waals surface area contributed by atoms with Gasteiger partial charge < -0.3 is 14.8 Å². The quantitative estimate of drug-likeness (QED) is 0.472. The second-order valence-electron chi connectivity index (χ2n) is 5.67. The van der Waals surface area contributed by atoms with Crippen molar-refractivity contribution >= 4 is 23.6 Å². The second-order valence-corrected chi connectivity index (χ2v) is 5.67. The van der Waals surface area contributed by atoms with Crippen molar-refractivity contribution in [2.24, 2.45) is 0 Å². The first-order valence-electron chi connectivity index (χ1n) is 8.24. The Kier molecular flexibility index (Phi) is 6.90. The molecule has 28 heavy (non-hydrogen) atoms. The van der Waals surface area contributed by atoms with Gasteiger partial charge in [0.05, 0.1) is 18.7 Å². The van der Waals surface area contributed by atoms with Gasteiger partial charge in [0.2, 0.25) is 0 Å². The van der Waals surface area contributed by atoms with E-state index in [9.17, 15) is 14.9 Å². The number of carbonyl (C=O) groups is 2. The molecule has 1 amide bonds. The average Bonchev–Trinajstić information content (AvgIpc) is 2.72. The summed E-state index contributed by atoms with van der Waals surface area (Å²) in [4.78, 5) is 24.4. The number of ether oxygens (including phenoxy) is 2. The molecule has 0 aliphatic heterocycles. The van der Waals surface area contributed by atoms with Crippen LogP contribution in [0.4, 0.5) is 5.69 Å². The molecular formula is C21H17N3O4. The zero-order valence-electron chi connectivity index (χ0n) is 15.3. The smallest absolute Gasteiger partial charge is 0.349 e. The van der Waals surface area contributed by atoms with Crippen molar-refractivity contribution in [3.05, 3.63) is 65.2 Å². The summed E-state index contributed by atoms with van der Waals surface area (Å²) in [6, 6.07) is 16.8. The van der Waals surface area contributed by atoms with E-state index in [2.05, 4.69) is 5.32 Å². The predicted molar refractivity (Wildman–Crippen MR) is 102 cm³/mol.